The van der Waals surface area contributed by atoms with E-state index < -0.39 is 0 Å². The fourth-order valence-electron chi connectivity index (χ4n) is 3.82. The maximum atomic E-state index is 11.9. The van der Waals surface area contributed by atoms with Crippen molar-refractivity contribution in [2.45, 2.75) is 25.3 Å². The molecule has 1 saturated heterocycles. The van der Waals surface area contributed by atoms with Crippen LogP contribution in [0, 0.1) is 0 Å². The highest BCUT2D eigenvalue weighted by Crippen LogP contribution is 2.27. The van der Waals surface area contributed by atoms with Crippen molar-refractivity contribution in [2.24, 2.45) is 0 Å². The minimum Gasteiger partial charge on any atom is -0.423 e. The summed E-state index contributed by atoms with van der Waals surface area (Å²) >= 11 is 6.13. The smallest absolute Gasteiger partial charge is 0.338 e. The van der Waals surface area contributed by atoms with Crippen LogP contribution in [0.25, 0.3) is 17.0 Å². The Hall–Kier alpha value is -2.56. The molecule has 150 valence electrons. The van der Waals surface area contributed by atoms with E-state index >= 15 is 0 Å². The zero-order valence-corrected chi connectivity index (χ0v) is 17.1. The monoisotopic (exact) mass is 408 g/mol. The Morgan fingerprint density at radius 3 is 2.69 bits per heavy atom. The molecule has 0 atom stereocenters. The summed E-state index contributed by atoms with van der Waals surface area (Å²) in [6, 6.07) is 17.6. The molecule has 4 rings (SSSR count). The van der Waals surface area contributed by atoms with Crippen molar-refractivity contribution in [1.29, 1.82) is 0 Å². The number of anilines is 1. The molecule has 0 spiro atoms. The zero-order chi connectivity index (χ0) is 20.1. The maximum absolute atomic E-state index is 11.9. The van der Waals surface area contributed by atoms with Gasteiger partial charge in [-0.1, -0.05) is 54.1 Å². The molecule has 1 aromatic heterocycles. The van der Waals surface area contributed by atoms with Gasteiger partial charge in [0.2, 0.25) is 0 Å². The molecule has 1 aliphatic rings. The standard InChI is InChI=1S/C24H25ClN2O2/c25-19-9-10-23-21(16-19)22(17-24(28)29-23)26-20-11-14-27(15-12-20)13-5-4-8-18-6-2-1-3-7-18/h1-4,6-10,16-17,20,26H,5,11-15H2/b8-4+. The summed E-state index contributed by atoms with van der Waals surface area (Å²) in [5.74, 6) is 0. The number of benzene rings is 2. The van der Waals surface area contributed by atoms with Gasteiger partial charge >= 0.3 is 5.63 Å². The molecule has 29 heavy (non-hydrogen) atoms. The molecule has 3 aromatic rings. The van der Waals surface area contributed by atoms with E-state index in [0.29, 0.717) is 16.6 Å². The summed E-state index contributed by atoms with van der Waals surface area (Å²) in [5, 5.41) is 5.03. The van der Waals surface area contributed by atoms with Gasteiger partial charge in [-0.05, 0) is 43.0 Å². The summed E-state index contributed by atoms with van der Waals surface area (Å²) in [6.45, 7) is 3.18. The summed E-state index contributed by atoms with van der Waals surface area (Å²) in [4.78, 5) is 14.4. The number of halogens is 1. The van der Waals surface area contributed by atoms with Crippen LogP contribution >= 0.6 is 11.6 Å². The number of nitrogens with zero attached hydrogens (tertiary/aromatic N) is 1. The Bertz CT molecular complexity index is 1040. The number of hydrogen-bond acceptors (Lipinski definition) is 4. The van der Waals surface area contributed by atoms with Crippen LogP contribution in [0.3, 0.4) is 0 Å². The van der Waals surface area contributed by atoms with Crippen molar-refractivity contribution in [1.82, 2.24) is 4.90 Å². The lowest BCUT2D eigenvalue weighted by atomic mass is 10.0. The van der Waals surface area contributed by atoms with Crippen LogP contribution < -0.4 is 10.9 Å². The highest BCUT2D eigenvalue weighted by molar-refractivity contribution is 6.31. The second-order valence-electron chi connectivity index (χ2n) is 7.48. The Morgan fingerprint density at radius 1 is 1.10 bits per heavy atom. The van der Waals surface area contributed by atoms with E-state index in [-0.39, 0.29) is 5.63 Å². The van der Waals surface area contributed by atoms with E-state index in [2.05, 4.69) is 46.6 Å². The van der Waals surface area contributed by atoms with Crippen molar-refractivity contribution in [3.63, 3.8) is 0 Å². The van der Waals surface area contributed by atoms with Crippen molar-refractivity contribution >= 4 is 34.3 Å². The van der Waals surface area contributed by atoms with Crippen LogP contribution in [-0.4, -0.2) is 30.6 Å². The first kappa shape index (κ1) is 19.7. The van der Waals surface area contributed by atoms with E-state index in [9.17, 15) is 4.79 Å². The Balaban J connectivity index is 1.30. The zero-order valence-electron chi connectivity index (χ0n) is 16.3. The van der Waals surface area contributed by atoms with Gasteiger partial charge in [-0.3, -0.25) is 0 Å². The molecule has 0 radical (unpaired) electrons. The van der Waals surface area contributed by atoms with Gasteiger partial charge in [0.1, 0.15) is 5.58 Å². The third-order valence-electron chi connectivity index (χ3n) is 5.37. The topological polar surface area (TPSA) is 45.5 Å². The lowest BCUT2D eigenvalue weighted by Gasteiger charge is -2.32. The van der Waals surface area contributed by atoms with Gasteiger partial charge in [0.05, 0.1) is 5.69 Å². The van der Waals surface area contributed by atoms with E-state index in [0.717, 1.165) is 50.0 Å². The molecular formula is C24H25ClN2O2. The van der Waals surface area contributed by atoms with Crippen molar-refractivity contribution in [2.75, 3.05) is 25.0 Å². The number of rotatable bonds is 6. The first-order valence-corrected chi connectivity index (χ1v) is 10.5. The van der Waals surface area contributed by atoms with Gasteiger partial charge in [0.25, 0.3) is 0 Å². The summed E-state index contributed by atoms with van der Waals surface area (Å²) in [5.41, 5.74) is 2.27. The van der Waals surface area contributed by atoms with Crippen LogP contribution in [0.2, 0.25) is 5.02 Å². The normalized spacial score (nSPS) is 15.9. The predicted octanol–water partition coefficient (Wildman–Crippen LogP) is 5.43. The van der Waals surface area contributed by atoms with Gasteiger partial charge in [0.15, 0.2) is 0 Å². The summed E-state index contributed by atoms with van der Waals surface area (Å²) in [7, 11) is 0. The maximum Gasteiger partial charge on any atom is 0.338 e. The molecular weight excluding hydrogens is 384 g/mol. The van der Waals surface area contributed by atoms with Crippen LogP contribution in [0.5, 0.6) is 0 Å². The third-order valence-corrected chi connectivity index (χ3v) is 5.61. The molecule has 0 aliphatic carbocycles. The van der Waals surface area contributed by atoms with Gasteiger partial charge < -0.3 is 14.6 Å². The Morgan fingerprint density at radius 2 is 1.90 bits per heavy atom. The number of fused-ring (bicyclic) bond motifs is 1. The lowest BCUT2D eigenvalue weighted by Crippen LogP contribution is -2.39. The first-order chi connectivity index (χ1) is 14.2. The van der Waals surface area contributed by atoms with Crippen LogP contribution in [0.1, 0.15) is 24.8 Å². The minimum atomic E-state index is -0.343. The first-order valence-electron chi connectivity index (χ1n) is 10.1. The summed E-state index contributed by atoms with van der Waals surface area (Å²) in [6.07, 6.45) is 7.58. The number of hydrogen-bond donors (Lipinski definition) is 1. The molecule has 5 heteroatoms. The number of likely N-dealkylation sites (tertiary alicyclic amines) is 1. The predicted molar refractivity (Wildman–Crippen MR) is 121 cm³/mol. The van der Waals surface area contributed by atoms with E-state index in [4.69, 9.17) is 16.0 Å². The van der Waals surface area contributed by atoms with Gasteiger partial charge in [-0.15, -0.1) is 0 Å². The van der Waals surface area contributed by atoms with Crippen LogP contribution in [0.4, 0.5) is 5.69 Å². The van der Waals surface area contributed by atoms with Crippen LogP contribution in [0.15, 0.2) is 69.9 Å². The summed E-state index contributed by atoms with van der Waals surface area (Å²) < 4.78 is 5.28. The fourth-order valence-corrected chi connectivity index (χ4v) is 3.99. The number of piperidine rings is 1. The van der Waals surface area contributed by atoms with E-state index in [1.165, 1.54) is 11.6 Å². The second kappa shape index (κ2) is 9.29. The SMILES string of the molecule is O=c1cc(NC2CCN(CC/C=C/c3ccccc3)CC2)c2cc(Cl)ccc2o1. The molecule has 2 aromatic carbocycles. The fraction of sp³-hybridized carbons (Fsp3) is 0.292. The molecule has 1 N–H and O–H groups in total. The van der Waals surface area contributed by atoms with E-state index in [1.54, 1.807) is 12.1 Å². The van der Waals surface area contributed by atoms with Crippen molar-refractivity contribution in [3.05, 3.63) is 81.7 Å². The molecule has 4 nitrogen and oxygen atoms in total. The molecule has 0 saturated carbocycles. The molecule has 0 amide bonds. The van der Waals surface area contributed by atoms with Gasteiger partial charge in [0, 0.05) is 42.2 Å². The van der Waals surface area contributed by atoms with E-state index in [1.807, 2.05) is 12.1 Å². The Labute approximate surface area is 175 Å². The van der Waals surface area contributed by atoms with Crippen molar-refractivity contribution < 1.29 is 4.42 Å². The highest BCUT2D eigenvalue weighted by Gasteiger charge is 2.19. The van der Waals surface area contributed by atoms with Crippen molar-refractivity contribution in [3.8, 4) is 0 Å². The third kappa shape index (κ3) is 5.28. The largest absolute Gasteiger partial charge is 0.423 e. The molecule has 0 unspecified atom stereocenters. The average Bonchev–Trinajstić information content (AvgIpc) is 2.73. The molecule has 2 heterocycles. The Kier molecular flexibility index (Phi) is 6.33. The van der Waals surface area contributed by atoms with Crippen LogP contribution in [-0.2, 0) is 0 Å². The highest BCUT2D eigenvalue weighted by atomic mass is 35.5. The molecule has 1 fully saturated rings. The van der Waals surface area contributed by atoms with Gasteiger partial charge in [-0.2, -0.15) is 0 Å². The average molecular weight is 409 g/mol. The molecule has 1 aliphatic heterocycles. The quantitative estimate of drug-likeness (QED) is 0.552. The number of nitrogens with one attached hydrogen (secondary N) is 1. The molecule has 0 bridgehead atoms. The second-order valence-corrected chi connectivity index (χ2v) is 7.92. The minimum absolute atomic E-state index is 0.343. The van der Waals surface area contributed by atoms with Gasteiger partial charge in [-0.25, -0.2) is 4.79 Å². The lowest BCUT2D eigenvalue weighted by molar-refractivity contribution is 0.223.